The number of nitrogens with zero attached hydrogens (tertiary/aromatic N) is 2. The maximum absolute atomic E-state index is 12.6. The lowest BCUT2D eigenvalue weighted by Crippen LogP contribution is -2.53. The van der Waals surface area contributed by atoms with Gasteiger partial charge in [0.15, 0.2) is 0 Å². The largest absolute Gasteiger partial charge is 0.467 e. The highest BCUT2D eigenvalue weighted by molar-refractivity contribution is 5.88. The molecule has 0 saturated heterocycles. The molecule has 1 amide bonds. The Kier molecular flexibility index (Phi) is 5.66. The Hall–Kier alpha value is -2.57. The molecule has 136 valence electrons. The van der Waals surface area contributed by atoms with Crippen molar-refractivity contribution in [2.45, 2.75) is 52.2 Å². The van der Waals surface area contributed by atoms with E-state index in [1.54, 1.807) is 11.5 Å². The average molecular weight is 347 g/mol. The van der Waals surface area contributed by atoms with Crippen molar-refractivity contribution in [3.8, 4) is 0 Å². The molecule has 0 aliphatic rings. The summed E-state index contributed by atoms with van der Waals surface area (Å²) in [6.45, 7) is 5.81. The van der Waals surface area contributed by atoms with E-state index in [1.165, 1.54) is 11.7 Å². The minimum absolute atomic E-state index is 0.150. The van der Waals surface area contributed by atoms with E-state index in [9.17, 15) is 14.4 Å². The molecule has 7 heteroatoms. The molecular formula is C18H25N3O4. The first kappa shape index (κ1) is 18.8. The van der Waals surface area contributed by atoms with Crippen LogP contribution in [0, 0.1) is 0 Å². The number of hydrogen-bond donors (Lipinski definition) is 1. The second-order valence-electron chi connectivity index (χ2n) is 6.22. The van der Waals surface area contributed by atoms with E-state index in [4.69, 9.17) is 4.74 Å². The van der Waals surface area contributed by atoms with E-state index >= 15 is 0 Å². The summed E-state index contributed by atoms with van der Waals surface area (Å²) < 4.78 is 7.86. The molecule has 0 spiro atoms. The van der Waals surface area contributed by atoms with Gasteiger partial charge in [0.2, 0.25) is 5.91 Å². The molecule has 1 heterocycles. The third-order valence-electron chi connectivity index (χ3n) is 4.34. The van der Waals surface area contributed by atoms with Crippen molar-refractivity contribution >= 4 is 22.9 Å². The number of imidazole rings is 1. The Labute approximate surface area is 146 Å². The summed E-state index contributed by atoms with van der Waals surface area (Å²) in [6, 6.07) is 7.34. The number of ether oxygens (including phenoxy) is 1. The molecule has 1 unspecified atom stereocenters. The highest BCUT2D eigenvalue weighted by atomic mass is 16.5. The van der Waals surface area contributed by atoms with Crippen molar-refractivity contribution in [3.05, 3.63) is 34.7 Å². The van der Waals surface area contributed by atoms with Crippen LogP contribution in [0.5, 0.6) is 0 Å². The Balaban J connectivity index is 2.32. The number of para-hydroxylation sites is 2. The number of carbonyl (C=O) groups excluding carboxylic acids is 2. The predicted octanol–water partition coefficient (Wildman–Crippen LogP) is 1.67. The van der Waals surface area contributed by atoms with Gasteiger partial charge in [-0.2, -0.15) is 0 Å². The smallest absolute Gasteiger partial charge is 0.331 e. The molecule has 0 saturated carbocycles. The summed E-state index contributed by atoms with van der Waals surface area (Å²) in [5.74, 6) is -0.895. The number of carbonyl (C=O) groups is 2. The second kappa shape index (κ2) is 7.55. The van der Waals surface area contributed by atoms with Crippen LogP contribution in [-0.4, -0.2) is 33.7 Å². The molecular weight excluding hydrogens is 322 g/mol. The van der Waals surface area contributed by atoms with Gasteiger partial charge in [-0.3, -0.25) is 13.9 Å². The van der Waals surface area contributed by atoms with E-state index in [0.717, 1.165) is 5.52 Å². The molecule has 25 heavy (non-hydrogen) atoms. The summed E-state index contributed by atoms with van der Waals surface area (Å²) in [5.41, 5.74) is 0.133. The highest BCUT2D eigenvalue weighted by Gasteiger charge is 2.35. The van der Waals surface area contributed by atoms with E-state index < -0.39 is 17.4 Å². The van der Waals surface area contributed by atoms with Gasteiger partial charge in [-0.05, 0) is 32.4 Å². The average Bonchev–Trinajstić information content (AvgIpc) is 2.85. The van der Waals surface area contributed by atoms with Gasteiger partial charge in [-0.15, -0.1) is 0 Å². The maximum Gasteiger partial charge on any atom is 0.331 e. The summed E-state index contributed by atoms with van der Waals surface area (Å²) in [4.78, 5) is 37.2. The molecule has 2 aromatic rings. The van der Waals surface area contributed by atoms with Gasteiger partial charge in [0, 0.05) is 6.54 Å². The van der Waals surface area contributed by atoms with Crippen molar-refractivity contribution in [3.63, 3.8) is 0 Å². The quantitative estimate of drug-likeness (QED) is 0.773. The number of benzene rings is 1. The minimum Gasteiger partial charge on any atom is -0.467 e. The summed E-state index contributed by atoms with van der Waals surface area (Å²) in [7, 11) is 1.29. The molecule has 1 N–H and O–H groups in total. The number of nitrogens with one attached hydrogen (secondary N) is 1. The van der Waals surface area contributed by atoms with Crippen LogP contribution in [0.2, 0.25) is 0 Å². The molecule has 2 rings (SSSR count). The molecule has 0 radical (unpaired) electrons. The first-order valence-corrected chi connectivity index (χ1v) is 8.45. The summed E-state index contributed by atoms with van der Waals surface area (Å²) in [6.07, 6.45) is 1.16. The maximum atomic E-state index is 12.6. The fourth-order valence-corrected chi connectivity index (χ4v) is 3.16. The number of aromatic nitrogens is 2. The fourth-order valence-electron chi connectivity index (χ4n) is 3.16. The fraction of sp³-hybridized carbons (Fsp3) is 0.500. The zero-order valence-corrected chi connectivity index (χ0v) is 15.2. The number of hydrogen-bond acceptors (Lipinski definition) is 4. The van der Waals surface area contributed by atoms with Crippen molar-refractivity contribution < 1.29 is 14.3 Å². The van der Waals surface area contributed by atoms with E-state index in [2.05, 4.69) is 5.32 Å². The summed E-state index contributed by atoms with van der Waals surface area (Å²) >= 11 is 0. The monoisotopic (exact) mass is 347 g/mol. The lowest BCUT2D eigenvalue weighted by molar-refractivity contribution is -0.150. The van der Waals surface area contributed by atoms with Gasteiger partial charge in [0.1, 0.15) is 12.1 Å². The number of rotatable bonds is 7. The van der Waals surface area contributed by atoms with Crippen LogP contribution in [0.3, 0.4) is 0 Å². The molecule has 0 bridgehead atoms. The number of esters is 1. The lowest BCUT2D eigenvalue weighted by Gasteiger charge is -2.27. The molecule has 0 fully saturated rings. The normalized spacial score (nSPS) is 13.4. The Morgan fingerprint density at radius 2 is 1.76 bits per heavy atom. The van der Waals surface area contributed by atoms with E-state index in [-0.39, 0.29) is 12.2 Å². The predicted molar refractivity (Wildman–Crippen MR) is 95.3 cm³/mol. The van der Waals surface area contributed by atoms with Crippen LogP contribution in [0.4, 0.5) is 0 Å². The first-order chi connectivity index (χ1) is 11.9. The van der Waals surface area contributed by atoms with Gasteiger partial charge < -0.3 is 10.1 Å². The van der Waals surface area contributed by atoms with E-state index in [1.807, 2.05) is 38.1 Å². The molecule has 1 aromatic carbocycles. The van der Waals surface area contributed by atoms with Crippen LogP contribution >= 0.6 is 0 Å². The van der Waals surface area contributed by atoms with Crippen LogP contribution < -0.4 is 11.0 Å². The van der Waals surface area contributed by atoms with Gasteiger partial charge in [0.25, 0.3) is 0 Å². The van der Waals surface area contributed by atoms with Gasteiger partial charge in [0.05, 0.1) is 18.1 Å². The standard InChI is InChI=1S/C18H25N3O4/c1-5-11-18(3,16(23)25-4)19-15(22)12-21-14-10-8-7-9-13(14)20(6-2)17(21)24/h7-10H,5-6,11-12H2,1-4H3,(H,19,22). The number of amides is 1. The summed E-state index contributed by atoms with van der Waals surface area (Å²) in [5, 5.41) is 2.73. The third-order valence-corrected chi connectivity index (χ3v) is 4.34. The van der Waals surface area contributed by atoms with Crippen molar-refractivity contribution in [1.82, 2.24) is 14.5 Å². The van der Waals surface area contributed by atoms with Gasteiger partial charge in [-0.1, -0.05) is 25.5 Å². The number of fused-ring (bicyclic) bond motifs is 1. The van der Waals surface area contributed by atoms with Crippen molar-refractivity contribution in [2.75, 3.05) is 7.11 Å². The third kappa shape index (κ3) is 3.60. The molecule has 7 nitrogen and oxygen atoms in total. The Morgan fingerprint density at radius 1 is 1.16 bits per heavy atom. The lowest BCUT2D eigenvalue weighted by atomic mass is 9.96. The van der Waals surface area contributed by atoms with Crippen LogP contribution in [0.25, 0.3) is 11.0 Å². The number of aryl methyl sites for hydroxylation is 1. The van der Waals surface area contributed by atoms with Crippen molar-refractivity contribution in [1.29, 1.82) is 0 Å². The van der Waals surface area contributed by atoms with Crippen LogP contribution in [0.1, 0.15) is 33.6 Å². The highest BCUT2D eigenvalue weighted by Crippen LogP contribution is 2.16. The molecule has 1 atom stereocenters. The van der Waals surface area contributed by atoms with Gasteiger partial charge in [-0.25, -0.2) is 9.59 Å². The zero-order valence-electron chi connectivity index (χ0n) is 15.2. The number of methoxy groups -OCH3 is 1. The van der Waals surface area contributed by atoms with Gasteiger partial charge >= 0.3 is 11.7 Å². The molecule has 0 aliphatic heterocycles. The van der Waals surface area contributed by atoms with E-state index in [0.29, 0.717) is 24.9 Å². The Bertz CT molecular complexity index is 836. The van der Waals surface area contributed by atoms with Crippen LogP contribution in [0.15, 0.2) is 29.1 Å². The minimum atomic E-state index is -1.10. The zero-order chi connectivity index (χ0) is 18.6. The first-order valence-electron chi connectivity index (χ1n) is 8.45. The van der Waals surface area contributed by atoms with Crippen LogP contribution in [-0.2, 0) is 27.4 Å². The topological polar surface area (TPSA) is 82.3 Å². The Morgan fingerprint density at radius 3 is 2.28 bits per heavy atom. The van der Waals surface area contributed by atoms with Crippen molar-refractivity contribution in [2.24, 2.45) is 0 Å². The molecule has 1 aromatic heterocycles. The molecule has 0 aliphatic carbocycles. The SMILES string of the molecule is CCCC(C)(NC(=O)Cn1c(=O)n(CC)c2ccccc21)C(=O)OC. The second-order valence-corrected chi connectivity index (χ2v) is 6.22.